The lowest BCUT2D eigenvalue weighted by Gasteiger charge is -2.04. The van der Waals surface area contributed by atoms with E-state index in [1.165, 1.54) is 6.26 Å². The average molecular weight is 305 g/mol. The third-order valence-corrected chi connectivity index (χ3v) is 3.23. The number of rotatable bonds is 5. The third-order valence-electron chi connectivity index (χ3n) is 2.23. The summed E-state index contributed by atoms with van der Waals surface area (Å²) < 4.78 is 42.0. The summed E-state index contributed by atoms with van der Waals surface area (Å²) in [5.41, 5.74) is 0. The van der Waals surface area contributed by atoms with Crippen LogP contribution in [-0.4, -0.2) is 17.4 Å². The Kier molecular flexibility index (Phi) is 4.28. The number of aromatic nitrogens is 1. The highest BCUT2D eigenvalue weighted by Crippen LogP contribution is 2.34. The molecule has 0 aromatic carbocycles. The van der Waals surface area contributed by atoms with E-state index in [1.807, 2.05) is 0 Å². The molecule has 2 rings (SSSR count). The molecule has 2 aromatic rings. The fourth-order valence-corrected chi connectivity index (χ4v) is 1.98. The summed E-state index contributed by atoms with van der Waals surface area (Å²) in [6, 6.07) is 3.39. The van der Waals surface area contributed by atoms with Gasteiger partial charge in [0.15, 0.2) is 5.13 Å². The van der Waals surface area contributed by atoms with Gasteiger partial charge in [0.1, 0.15) is 10.6 Å². The lowest BCUT2D eigenvalue weighted by Crippen LogP contribution is -2.29. The third kappa shape index (κ3) is 3.98. The van der Waals surface area contributed by atoms with Gasteiger partial charge in [-0.2, -0.15) is 13.2 Å². The van der Waals surface area contributed by atoms with E-state index in [0.717, 1.165) is 6.20 Å². The molecule has 9 heteroatoms. The standard InChI is InChI=1S/C11H10F3N3O2S/c12-11(13,14)8-5-16-10(20-8)17-6-9(18)15-4-7-2-1-3-19-7/h1-3,5H,4,6H2,(H,15,18)(H,16,17). The Morgan fingerprint density at radius 1 is 1.45 bits per heavy atom. The van der Waals surface area contributed by atoms with Gasteiger partial charge < -0.3 is 15.1 Å². The summed E-state index contributed by atoms with van der Waals surface area (Å²) in [7, 11) is 0. The zero-order valence-corrected chi connectivity index (χ0v) is 10.8. The molecule has 0 aliphatic heterocycles. The summed E-state index contributed by atoms with van der Waals surface area (Å²) >= 11 is 0.452. The van der Waals surface area contributed by atoms with Crippen molar-refractivity contribution in [2.45, 2.75) is 12.7 Å². The van der Waals surface area contributed by atoms with Gasteiger partial charge in [0.25, 0.3) is 0 Å². The molecular weight excluding hydrogens is 295 g/mol. The monoisotopic (exact) mass is 305 g/mol. The largest absolute Gasteiger partial charge is 0.467 e. The molecule has 0 radical (unpaired) electrons. The van der Waals surface area contributed by atoms with Crippen LogP contribution >= 0.6 is 11.3 Å². The topological polar surface area (TPSA) is 67.2 Å². The van der Waals surface area contributed by atoms with Gasteiger partial charge in [0.05, 0.1) is 25.5 Å². The quantitative estimate of drug-likeness (QED) is 0.890. The highest BCUT2D eigenvalue weighted by Gasteiger charge is 2.33. The van der Waals surface area contributed by atoms with E-state index in [4.69, 9.17) is 4.42 Å². The number of carbonyl (C=O) groups is 1. The molecule has 0 unspecified atom stereocenters. The minimum atomic E-state index is -4.42. The first-order chi connectivity index (χ1) is 9.45. The first kappa shape index (κ1) is 14.4. The van der Waals surface area contributed by atoms with Gasteiger partial charge in [-0.15, -0.1) is 0 Å². The van der Waals surface area contributed by atoms with Crippen molar-refractivity contribution in [1.29, 1.82) is 0 Å². The number of thiazole rings is 1. The van der Waals surface area contributed by atoms with Gasteiger partial charge >= 0.3 is 6.18 Å². The smallest absolute Gasteiger partial charge is 0.427 e. The molecule has 5 nitrogen and oxygen atoms in total. The van der Waals surface area contributed by atoms with E-state index < -0.39 is 11.1 Å². The highest BCUT2D eigenvalue weighted by atomic mass is 32.1. The zero-order valence-electron chi connectivity index (χ0n) is 10.0. The number of nitrogens with zero attached hydrogens (tertiary/aromatic N) is 1. The fourth-order valence-electron chi connectivity index (χ4n) is 1.30. The van der Waals surface area contributed by atoms with Crippen molar-refractivity contribution in [2.75, 3.05) is 11.9 Å². The summed E-state index contributed by atoms with van der Waals surface area (Å²) in [6.07, 6.45) is -2.21. The number of furan rings is 1. The van der Waals surface area contributed by atoms with Crippen LogP contribution in [0, 0.1) is 0 Å². The maximum absolute atomic E-state index is 12.3. The SMILES string of the molecule is O=C(CNc1ncc(C(F)(F)F)s1)NCc1ccco1. The van der Waals surface area contributed by atoms with Crippen LogP contribution in [-0.2, 0) is 17.5 Å². The fraction of sp³-hybridized carbons (Fsp3) is 0.273. The summed E-state index contributed by atoms with van der Waals surface area (Å²) in [6.45, 7) is 0.0602. The predicted octanol–water partition coefficient (Wildman–Crippen LogP) is 2.48. The second kappa shape index (κ2) is 5.95. The van der Waals surface area contributed by atoms with Crippen molar-refractivity contribution >= 4 is 22.4 Å². The Morgan fingerprint density at radius 3 is 2.85 bits per heavy atom. The van der Waals surface area contributed by atoms with E-state index in [1.54, 1.807) is 12.1 Å². The molecule has 0 fully saturated rings. The zero-order chi connectivity index (χ0) is 14.6. The number of alkyl halides is 3. The molecular formula is C11H10F3N3O2S. The molecule has 2 N–H and O–H groups in total. The van der Waals surface area contributed by atoms with Crippen LogP contribution in [0.25, 0.3) is 0 Å². The average Bonchev–Trinajstić information content (AvgIpc) is 3.04. The second-order valence-corrected chi connectivity index (χ2v) is 4.77. The molecule has 0 spiro atoms. The normalized spacial score (nSPS) is 11.3. The molecule has 0 saturated heterocycles. The van der Waals surface area contributed by atoms with Crippen LogP contribution in [0.3, 0.4) is 0 Å². The maximum atomic E-state index is 12.3. The van der Waals surface area contributed by atoms with Crippen molar-refractivity contribution in [2.24, 2.45) is 0 Å². The van der Waals surface area contributed by atoms with Gasteiger partial charge in [-0.25, -0.2) is 4.98 Å². The van der Waals surface area contributed by atoms with Crippen LogP contribution in [0.1, 0.15) is 10.6 Å². The van der Waals surface area contributed by atoms with E-state index in [0.29, 0.717) is 17.1 Å². The van der Waals surface area contributed by atoms with E-state index in [9.17, 15) is 18.0 Å². The number of amides is 1. The minimum Gasteiger partial charge on any atom is -0.467 e. The van der Waals surface area contributed by atoms with Crippen molar-refractivity contribution in [3.63, 3.8) is 0 Å². The predicted molar refractivity (Wildman–Crippen MR) is 66.2 cm³/mol. The Balaban J connectivity index is 1.77. The van der Waals surface area contributed by atoms with Crippen LogP contribution in [0.15, 0.2) is 29.0 Å². The van der Waals surface area contributed by atoms with Crippen molar-refractivity contribution in [3.05, 3.63) is 35.2 Å². The maximum Gasteiger partial charge on any atom is 0.427 e. The molecule has 0 aliphatic carbocycles. The first-order valence-electron chi connectivity index (χ1n) is 5.51. The molecule has 0 saturated carbocycles. The van der Waals surface area contributed by atoms with Crippen LogP contribution in [0.2, 0.25) is 0 Å². The highest BCUT2D eigenvalue weighted by molar-refractivity contribution is 7.15. The molecule has 0 aliphatic rings. The summed E-state index contributed by atoms with van der Waals surface area (Å²) in [5, 5.41) is 5.13. The summed E-state index contributed by atoms with van der Waals surface area (Å²) in [5.74, 6) is 0.220. The number of nitrogens with one attached hydrogen (secondary N) is 2. The van der Waals surface area contributed by atoms with E-state index >= 15 is 0 Å². The number of hydrogen-bond donors (Lipinski definition) is 2. The van der Waals surface area contributed by atoms with Gasteiger partial charge in [-0.05, 0) is 12.1 Å². The van der Waals surface area contributed by atoms with Gasteiger partial charge in [-0.3, -0.25) is 4.79 Å². The van der Waals surface area contributed by atoms with Gasteiger partial charge in [-0.1, -0.05) is 11.3 Å². The van der Waals surface area contributed by atoms with Crippen LogP contribution < -0.4 is 10.6 Å². The number of halogens is 3. The lowest BCUT2D eigenvalue weighted by atomic mass is 10.4. The number of hydrogen-bond acceptors (Lipinski definition) is 5. The Bertz CT molecular complexity index is 566. The van der Waals surface area contributed by atoms with Gasteiger partial charge in [0, 0.05) is 0 Å². The number of anilines is 1. The molecule has 0 atom stereocenters. The molecule has 0 bridgehead atoms. The Hall–Kier alpha value is -2.03. The Labute approximate surface area is 115 Å². The number of carbonyl (C=O) groups excluding carboxylic acids is 1. The molecule has 20 heavy (non-hydrogen) atoms. The van der Waals surface area contributed by atoms with E-state index in [2.05, 4.69) is 15.6 Å². The van der Waals surface area contributed by atoms with Crippen LogP contribution in [0.5, 0.6) is 0 Å². The molecule has 2 aromatic heterocycles. The van der Waals surface area contributed by atoms with Crippen LogP contribution in [0.4, 0.5) is 18.3 Å². The first-order valence-corrected chi connectivity index (χ1v) is 6.33. The summed E-state index contributed by atoms with van der Waals surface area (Å²) in [4.78, 5) is 14.2. The second-order valence-electron chi connectivity index (χ2n) is 3.74. The lowest BCUT2D eigenvalue weighted by molar-refractivity contribution is -0.134. The van der Waals surface area contributed by atoms with Crippen molar-refractivity contribution < 1.29 is 22.4 Å². The molecule has 1 amide bonds. The van der Waals surface area contributed by atoms with Crippen molar-refractivity contribution in [3.8, 4) is 0 Å². The Morgan fingerprint density at radius 2 is 2.25 bits per heavy atom. The molecule has 108 valence electrons. The van der Waals surface area contributed by atoms with E-state index in [-0.39, 0.29) is 24.1 Å². The van der Waals surface area contributed by atoms with Gasteiger partial charge in [0.2, 0.25) is 5.91 Å². The minimum absolute atomic E-state index is 0.0467. The van der Waals surface area contributed by atoms with Crippen molar-refractivity contribution in [1.82, 2.24) is 10.3 Å². The molecule has 2 heterocycles.